The molecule has 0 saturated carbocycles. The molecule has 0 fully saturated rings. The van der Waals surface area contributed by atoms with Crippen molar-refractivity contribution in [2.45, 2.75) is 25.7 Å². The molecule has 2 rings (SSSR count). The maximum atomic E-state index is 13.1. The number of carbonyl (C=O) groups is 1. The molecule has 1 amide bonds. The number of hydrogen-bond donors (Lipinski definition) is 2. The Morgan fingerprint density at radius 2 is 1.75 bits per heavy atom. The van der Waals surface area contributed by atoms with Crippen molar-refractivity contribution in [3.63, 3.8) is 0 Å². The molecule has 0 aliphatic carbocycles. The second-order valence-electron chi connectivity index (χ2n) is 6.00. The molecule has 1 unspecified atom stereocenters. The molecule has 1 atom stereocenters. The van der Waals surface area contributed by atoms with Crippen LogP contribution in [0.4, 0.5) is 18.9 Å². The van der Waals surface area contributed by atoms with Gasteiger partial charge in [-0.1, -0.05) is 37.3 Å². The van der Waals surface area contributed by atoms with Crippen molar-refractivity contribution in [2.75, 3.05) is 18.9 Å². The minimum Gasteiger partial charge on any atom is -0.326 e. The van der Waals surface area contributed by atoms with Crippen LogP contribution in [0.3, 0.4) is 0 Å². The summed E-state index contributed by atoms with van der Waals surface area (Å²) in [6.45, 7) is 2.45. The fraction of sp³-hybridized carbons (Fsp3) is 0.316. The lowest BCUT2D eigenvalue weighted by molar-refractivity contribution is -0.137. The number of benzene rings is 2. The second kappa shape index (κ2) is 11.3. The third-order valence-corrected chi connectivity index (χ3v) is 4.13. The summed E-state index contributed by atoms with van der Waals surface area (Å²) in [6.07, 6.45) is -4.51. The Kier molecular flexibility index (Phi) is 10.5. The van der Waals surface area contributed by atoms with E-state index in [0.717, 1.165) is 17.7 Å². The molecule has 0 aliphatic rings. The maximum absolute atomic E-state index is 13.1. The van der Waals surface area contributed by atoms with Gasteiger partial charge in [-0.25, -0.2) is 0 Å². The van der Waals surface area contributed by atoms with Crippen LogP contribution in [-0.2, 0) is 17.5 Å². The molecule has 2 aromatic carbocycles. The van der Waals surface area contributed by atoms with E-state index in [1.165, 1.54) is 6.07 Å². The molecule has 0 heterocycles. The third-order valence-electron chi connectivity index (χ3n) is 4.13. The van der Waals surface area contributed by atoms with Crippen LogP contribution in [0.2, 0.25) is 0 Å². The molecule has 0 aromatic heterocycles. The Morgan fingerprint density at radius 3 is 2.25 bits per heavy atom. The second-order valence-corrected chi connectivity index (χ2v) is 6.00. The number of nitrogens with one attached hydrogen (secondary N) is 1. The van der Waals surface area contributed by atoms with Crippen molar-refractivity contribution < 1.29 is 18.0 Å². The Hall–Kier alpha value is -1.80. The highest BCUT2D eigenvalue weighted by Gasteiger charge is 2.32. The standard InChI is InChI=1S/C19H22F3N3O.2ClH/c1-3-25(2)17(14-7-5-4-6-8-14)18(26)24-16-10-13(12-23)9-15(11-16)19(20,21)22;;/h4-11,17H,3,12,23H2,1-2H3,(H,24,26);2*1H. The van der Waals surface area contributed by atoms with E-state index in [2.05, 4.69) is 5.32 Å². The van der Waals surface area contributed by atoms with Crippen LogP contribution in [0.5, 0.6) is 0 Å². The van der Waals surface area contributed by atoms with Crippen molar-refractivity contribution >= 4 is 36.4 Å². The summed E-state index contributed by atoms with van der Waals surface area (Å²) in [5, 5.41) is 2.61. The highest BCUT2D eigenvalue weighted by Crippen LogP contribution is 2.32. The Balaban J connectivity index is 0.00000364. The lowest BCUT2D eigenvalue weighted by atomic mass is 10.0. The first-order valence-electron chi connectivity index (χ1n) is 8.23. The number of halogens is 5. The summed E-state index contributed by atoms with van der Waals surface area (Å²) in [7, 11) is 1.79. The highest BCUT2D eigenvalue weighted by atomic mass is 35.5. The summed E-state index contributed by atoms with van der Waals surface area (Å²) in [6, 6.07) is 11.9. The van der Waals surface area contributed by atoms with Gasteiger partial charge >= 0.3 is 6.18 Å². The van der Waals surface area contributed by atoms with E-state index >= 15 is 0 Å². The molecule has 9 heteroatoms. The number of likely N-dealkylation sites (N-methyl/N-ethyl adjacent to an activating group) is 1. The lowest BCUT2D eigenvalue weighted by Crippen LogP contribution is -2.34. The van der Waals surface area contributed by atoms with Crippen LogP contribution in [0.15, 0.2) is 48.5 Å². The first kappa shape index (κ1) is 26.2. The zero-order valence-corrected chi connectivity index (χ0v) is 17.1. The molecular formula is C19H24Cl2F3N3O. The number of hydrogen-bond acceptors (Lipinski definition) is 3. The zero-order valence-electron chi connectivity index (χ0n) is 15.5. The van der Waals surface area contributed by atoms with Gasteiger partial charge in [0.2, 0.25) is 5.91 Å². The number of amides is 1. The number of alkyl halides is 3. The summed E-state index contributed by atoms with van der Waals surface area (Å²) in [4.78, 5) is 14.6. The summed E-state index contributed by atoms with van der Waals surface area (Å²) in [5.74, 6) is -0.400. The van der Waals surface area contributed by atoms with Crippen molar-refractivity contribution in [3.8, 4) is 0 Å². The minimum atomic E-state index is -4.51. The van der Waals surface area contributed by atoms with Gasteiger partial charge in [0, 0.05) is 12.2 Å². The minimum absolute atomic E-state index is 0. The molecular weight excluding hydrogens is 414 g/mol. The molecule has 0 radical (unpaired) electrons. The van der Waals surface area contributed by atoms with Crippen molar-refractivity contribution in [3.05, 3.63) is 65.2 Å². The smallest absolute Gasteiger partial charge is 0.326 e. The van der Waals surface area contributed by atoms with Crippen LogP contribution < -0.4 is 11.1 Å². The maximum Gasteiger partial charge on any atom is 0.416 e. The van der Waals surface area contributed by atoms with Crippen molar-refractivity contribution in [2.24, 2.45) is 5.73 Å². The molecule has 3 N–H and O–H groups in total. The Bertz CT molecular complexity index is 758. The molecule has 0 saturated heterocycles. The largest absolute Gasteiger partial charge is 0.416 e. The molecule has 0 spiro atoms. The average Bonchev–Trinajstić information content (AvgIpc) is 2.61. The highest BCUT2D eigenvalue weighted by molar-refractivity contribution is 5.95. The van der Waals surface area contributed by atoms with Gasteiger partial charge in [-0.3, -0.25) is 9.69 Å². The SMILES string of the molecule is CCN(C)C(C(=O)Nc1cc(CN)cc(C(F)(F)F)c1)c1ccccc1.Cl.Cl. The van der Waals surface area contributed by atoms with E-state index in [4.69, 9.17) is 5.73 Å². The summed E-state index contributed by atoms with van der Waals surface area (Å²) < 4.78 is 39.2. The Morgan fingerprint density at radius 1 is 1.14 bits per heavy atom. The van der Waals surface area contributed by atoms with Gasteiger partial charge in [-0.2, -0.15) is 13.2 Å². The molecule has 2 aromatic rings. The van der Waals surface area contributed by atoms with Gasteiger partial charge in [0.25, 0.3) is 0 Å². The van der Waals surface area contributed by atoms with E-state index in [9.17, 15) is 18.0 Å². The predicted octanol–water partition coefficient (Wildman–Crippen LogP) is 4.64. The normalized spacial score (nSPS) is 12.0. The van der Waals surface area contributed by atoms with Gasteiger partial charge in [0.15, 0.2) is 0 Å². The van der Waals surface area contributed by atoms with E-state index in [1.54, 1.807) is 7.05 Å². The van der Waals surface area contributed by atoms with E-state index in [1.807, 2.05) is 42.2 Å². The summed E-state index contributed by atoms with van der Waals surface area (Å²) >= 11 is 0. The monoisotopic (exact) mass is 437 g/mol. The number of anilines is 1. The van der Waals surface area contributed by atoms with Gasteiger partial charge in [0.05, 0.1) is 5.56 Å². The van der Waals surface area contributed by atoms with Gasteiger partial charge in [-0.15, -0.1) is 24.8 Å². The molecule has 0 aliphatic heterocycles. The van der Waals surface area contributed by atoms with E-state index in [0.29, 0.717) is 12.1 Å². The van der Waals surface area contributed by atoms with E-state index < -0.39 is 23.7 Å². The number of rotatable bonds is 6. The third kappa shape index (κ3) is 6.67. The van der Waals surface area contributed by atoms with Crippen molar-refractivity contribution in [1.29, 1.82) is 0 Å². The lowest BCUT2D eigenvalue weighted by Gasteiger charge is -2.26. The van der Waals surface area contributed by atoms with Gasteiger partial charge < -0.3 is 11.1 Å². The van der Waals surface area contributed by atoms with Crippen LogP contribution in [0, 0.1) is 0 Å². The van der Waals surface area contributed by atoms with Crippen LogP contribution in [0.1, 0.15) is 29.7 Å². The molecule has 4 nitrogen and oxygen atoms in total. The van der Waals surface area contributed by atoms with Crippen LogP contribution >= 0.6 is 24.8 Å². The van der Waals surface area contributed by atoms with E-state index in [-0.39, 0.29) is 37.0 Å². The predicted molar refractivity (Wildman–Crippen MR) is 110 cm³/mol. The van der Waals surface area contributed by atoms with Crippen molar-refractivity contribution in [1.82, 2.24) is 4.90 Å². The number of nitrogens with two attached hydrogens (primary N) is 1. The van der Waals surface area contributed by atoms with Gasteiger partial charge in [0.1, 0.15) is 6.04 Å². The van der Waals surface area contributed by atoms with Gasteiger partial charge in [-0.05, 0) is 42.9 Å². The number of nitrogens with zero attached hydrogens (tertiary/aromatic N) is 1. The van der Waals surface area contributed by atoms with Crippen LogP contribution in [0.25, 0.3) is 0 Å². The first-order chi connectivity index (χ1) is 12.3. The quantitative estimate of drug-likeness (QED) is 0.691. The molecule has 28 heavy (non-hydrogen) atoms. The fourth-order valence-electron chi connectivity index (χ4n) is 2.68. The molecule has 0 bridgehead atoms. The Labute approximate surface area is 175 Å². The van der Waals surface area contributed by atoms with Crippen LogP contribution in [-0.4, -0.2) is 24.4 Å². The summed E-state index contributed by atoms with van der Waals surface area (Å²) in [5.41, 5.74) is 5.80. The number of carbonyl (C=O) groups excluding carboxylic acids is 1. The topological polar surface area (TPSA) is 58.4 Å². The zero-order chi connectivity index (χ0) is 19.3. The molecule has 156 valence electrons. The fourth-order valence-corrected chi connectivity index (χ4v) is 2.68. The average molecular weight is 438 g/mol. The first-order valence-corrected chi connectivity index (χ1v) is 8.23.